The molecule has 1 aliphatic heterocycles. The van der Waals surface area contributed by atoms with Crippen molar-refractivity contribution in [2.45, 2.75) is 25.5 Å². The minimum atomic E-state index is -0.0942. The minimum Gasteiger partial charge on any atom is -0.481 e. The van der Waals surface area contributed by atoms with Crippen LogP contribution in [0.5, 0.6) is 5.88 Å². The van der Waals surface area contributed by atoms with Gasteiger partial charge in [-0.05, 0) is 6.92 Å². The molecule has 0 bridgehead atoms. The van der Waals surface area contributed by atoms with Crippen LogP contribution in [0.3, 0.4) is 0 Å². The van der Waals surface area contributed by atoms with Gasteiger partial charge in [0.2, 0.25) is 17.7 Å². The van der Waals surface area contributed by atoms with Gasteiger partial charge in [0.05, 0.1) is 13.2 Å². The molecule has 0 amide bonds. The molecule has 1 saturated heterocycles. The van der Waals surface area contributed by atoms with Crippen LogP contribution in [-0.4, -0.2) is 47.0 Å². The van der Waals surface area contributed by atoms with Gasteiger partial charge < -0.3 is 18.9 Å². The summed E-state index contributed by atoms with van der Waals surface area (Å²) in [6, 6.07) is 1.61. The van der Waals surface area contributed by atoms with Crippen LogP contribution in [0, 0.1) is 6.92 Å². The molecule has 0 aliphatic carbocycles. The molecule has 1 fully saturated rings. The molecule has 2 atom stereocenters. The smallest absolute Gasteiger partial charge is 0.249 e. The summed E-state index contributed by atoms with van der Waals surface area (Å²) < 4.78 is 15.9. The quantitative estimate of drug-likeness (QED) is 0.829. The number of anilines is 1. The van der Waals surface area contributed by atoms with E-state index in [0.29, 0.717) is 30.1 Å². The molecule has 2 aromatic rings. The van der Waals surface area contributed by atoms with Crippen molar-refractivity contribution in [1.29, 1.82) is 0 Å². The predicted octanol–water partition coefficient (Wildman–Crippen LogP) is 1.14. The predicted molar refractivity (Wildman–Crippen MR) is 73.1 cm³/mol. The van der Waals surface area contributed by atoms with Crippen LogP contribution in [0.2, 0.25) is 0 Å². The van der Waals surface area contributed by atoms with Gasteiger partial charge in [-0.2, -0.15) is 9.97 Å². The maximum atomic E-state index is 5.46. The standard InChI is InChI=1S/C13H17N5O3/c1-8-15-12(21-17-8)10-6-9(19-2)7-18(10)13-14-5-4-11(16-13)20-3/h4-5,9-10H,6-7H2,1-3H3/t9-,10+/m0/s1. The Hall–Kier alpha value is -2.22. The summed E-state index contributed by atoms with van der Waals surface area (Å²) in [7, 11) is 3.27. The zero-order chi connectivity index (χ0) is 14.8. The first-order valence-electron chi connectivity index (χ1n) is 6.68. The van der Waals surface area contributed by atoms with Gasteiger partial charge >= 0.3 is 0 Å². The molecule has 8 nitrogen and oxygen atoms in total. The van der Waals surface area contributed by atoms with Crippen LogP contribution in [0.15, 0.2) is 16.8 Å². The lowest BCUT2D eigenvalue weighted by molar-refractivity contribution is 0.117. The highest BCUT2D eigenvalue weighted by atomic mass is 16.5. The van der Waals surface area contributed by atoms with Crippen molar-refractivity contribution in [3.63, 3.8) is 0 Å². The highest BCUT2D eigenvalue weighted by Crippen LogP contribution is 2.35. The van der Waals surface area contributed by atoms with Gasteiger partial charge in [0.25, 0.3) is 0 Å². The van der Waals surface area contributed by atoms with Gasteiger partial charge in [-0.3, -0.25) is 0 Å². The van der Waals surface area contributed by atoms with Crippen LogP contribution in [0.25, 0.3) is 0 Å². The van der Waals surface area contributed by atoms with Crippen LogP contribution in [0.4, 0.5) is 5.95 Å². The number of hydrogen-bond donors (Lipinski definition) is 0. The van der Waals surface area contributed by atoms with Crippen molar-refractivity contribution >= 4 is 5.95 Å². The maximum Gasteiger partial charge on any atom is 0.249 e. The molecule has 8 heteroatoms. The zero-order valence-electron chi connectivity index (χ0n) is 12.2. The topological polar surface area (TPSA) is 86.4 Å². The Morgan fingerprint density at radius 2 is 2.19 bits per heavy atom. The fourth-order valence-corrected chi connectivity index (χ4v) is 2.46. The Kier molecular flexibility index (Phi) is 3.70. The Morgan fingerprint density at radius 3 is 2.86 bits per heavy atom. The van der Waals surface area contributed by atoms with E-state index in [1.807, 2.05) is 4.90 Å². The summed E-state index contributed by atoms with van der Waals surface area (Å²) in [6.45, 7) is 2.46. The number of nitrogens with zero attached hydrogens (tertiary/aromatic N) is 5. The number of rotatable bonds is 4. The van der Waals surface area contributed by atoms with E-state index in [-0.39, 0.29) is 12.1 Å². The highest BCUT2D eigenvalue weighted by molar-refractivity contribution is 5.37. The molecule has 1 aliphatic rings. The van der Waals surface area contributed by atoms with Gasteiger partial charge in [0.15, 0.2) is 5.82 Å². The first-order valence-corrected chi connectivity index (χ1v) is 6.68. The van der Waals surface area contributed by atoms with E-state index in [4.69, 9.17) is 14.0 Å². The lowest BCUT2D eigenvalue weighted by Crippen LogP contribution is -2.26. The second kappa shape index (κ2) is 5.65. The molecule has 3 rings (SSSR count). The lowest BCUT2D eigenvalue weighted by Gasteiger charge is -2.21. The van der Waals surface area contributed by atoms with Gasteiger partial charge in [-0.15, -0.1) is 0 Å². The van der Waals surface area contributed by atoms with Crippen LogP contribution < -0.4 is 9.64 Å². The number of methoxy groups -OCH3 is 2. The molecule has 0 N–H and O–H groups in total. The van der Waals surface area contributed by atoms with Crippen LogP contribution in [0.1, 0.15) is 24.2 Å². The SMILES string of the molecule is COc1ccnc(N2C[C@@H](OC)C[C@@H]2c2nc(C)no2)n1. The van der Waals surface area contributed by atoms with Gasteiger partial charge in [-0.1, -0.05) is 5.16 Å². The molecule has 0 unspecified atom stereocenters. The van der Waals surface area contributed by atoms with E-state index in [2.05, 4.69) is 20.1 Å². The number of ether oxygens (including phenoxy) is 2. The third-order valence-corrected chi connectivity index (χ3v) is 3.51. The molecule has 0 radical (unpaired) electrons. The minimum absolute atomic E-state index is 0.0667. The van der Waals surface area contributed by atoms with E-state index in [1.165, 1.54) is 0 Å². The van der Waals surface area contributed by atoms with Crippen molar-refractivity contribution in [1.82, 2.24) is 20.1 Å². The molecule has 21 heavy (non-hydrogen) atoms. The largest absolute Gasteiger partial charge is 0.481 e. The van der Waals surface area contributed by atoms with E-state index in [9.17, 15) is 0 Å². The van der Waals surface area contributed by atoms with E-state index >= 15 is 0 Å². The fraction of sp³-hybridized carbons (Fsp3) is 0.538. The molecular weight excluding hydrogens is 274 g/mol. The summed E-state index contributed by atoms with van der Waals surface area (Å²) in [5.41, 5.74) is 0. The number of hydrogen-bond acceptors (Lipinski definition) is 8. The Morgan fingerprint density at radius 1 is 1.33 bits per heavy atom. The second-order valence-corrected chi connectivity index (χ2v) is 4.84. The molecule has 0 aromatic carbocycles. The van der Waals surface area contributed by atoms with E-state index < -0.39 is 0 Å². The summed E-state index contributed by atoms with van der Waals surface area (Å²) in [6.07, 6.45) is 2.48. The maximum absolute atomic E-state index is 5.46. The normalized spacial score (nSPS) is 21.8. The van der Waals surface area contributed by atoms with E-state index in [0.717, 1.165) is 6.42 Å². The van der Waals surface area contributed by atoms with Crippen molar-refractivity contribution in [3.8, 4) is 5.88 Å². The third kappa shape index (κ3) is 2.66. The molecule has 2 aromatic heterocycles. The summed E-state index contributed by atoms with van der Waals surface area (Å²) in [5, 5.41) is 3.85. The lowest BCUT2D eigenvalue weighted by atomic mass is 10.2. The Labute approximate surface area is 122 Å². The summed E-state index contributed by atoms with van der Waals surface area (Å²) in [5.74, 6) is 2.24. The van der Waals surface area contributed by atoms with Gasteiger partial charge in [0, 0.05) is 32.3 Å². The Bertz CT molecular complexity index is 617. The third-order valence-electron chi connectivity index (χ3n) is 3.51. The first-order chi connectivity index (χ1) is 10.2. The van der Waals surface area contributed by atoms with Crippen molar-refractivity contribution in [2.24, 2.45) is 0 Å². The van der Waals surface area contributed by atoms with Crippen molar-refractivity contribution < 1.29 is 14.0 Å². The average Bonchev–Trinajstić information content (AvgIpc) is 3.13. The summed E-state index contributed by atoms with van der Waals surface area (Å²) >= 11 is 0. The molecule has 0 spiro atoms. The van der Waals surface area contributed by atoms with E-state index in [1.54, 1.807) is 33.4 Å². The second-order valence-electron chi connectivity index (χ2n) is 4.84. The molecule has 0 saturated carbocycles. The van der Waals surface area contributed by atoms with Gasteiger partial charge in [0.1, 0.15) is 6.04 Å². The fourth-order valence-electron chi connectivity index (χ4n) is 2.46. The first kappa shape index (κ1) is 13.7. The zero-order valence-corrected chi connectivity index (χ0v) is 12.2. The van der Waals surface area contributed by atoms with Crippen LogP contribution in [-0.2, 0) is 4.74 Å². The van der Waals surface area contributed by atoms with Crippen molar-refractivity contribution in [3.05, 3.63) is 24.0 Å². The van der Waals surface area contributed by atoms with Crippen molar-refractivity contribution in [2.75, 3.05) is 25.7 Å². The monoisotopic (exact) mass is 291 g/mol. The van der Waals surface area contributed by atoms with Gasteiger partial charge in [-0.25, -0.2) is 4.98 Å². The highest BCUT2D eigenvalue weighted by Gasteiger charge is 2.38. The van der Waals surface area contributed by atoms with Crippen LogP contribution >= 0.6 is 0 Å². The number of aromatic nitrogens is 4. The molecule has 112 valence electrons. The molecular formula is C13H17N5O3. The molecule has 3 heterocycles. The Balaban J connectivity index is 1.93. The average molecular weight is 291 g/mol. The summed E-state index contributed by atoms with van der Waals surface area (Å²) in [4.78, 5) is 15.0. The number of aryl methyl sites for hydroxylation is 1.